The summed E-state index contributed by atoms with van der Waals surface area (Å²) < 4.78 is 6.43. The van der Waals surface area contributed by atoms with E-state index in [-0.39, 0.29) is 5.41 Å². The molecule has 3 heterocycles. The molecular weight excluding hydrogens is 685 g/mol. The fourth-order valence-corrected chi connectivity index (χ4v) is 8.44. The third-order valence-corrected chi connectivity index (χ3v) is 11.4. The van der Waals surface area contributed by atoms with Crippen LogP contribution in [0.3, 0.4) is 0 Å². The van der Waals surface area contributed by atoms with Crippen LogP contribution in [-0.2, 0) is 5.41 Å². The zero-order chi connectivity index (χ0) is 37.4. The minimum atomic E-state index is -0.0545. The van der Waals surface area contributed by atoms with E-state index in [9.17, 15) is 0 Å². The summed E-state index contributed by atoms with van der Waals surface area (Å²) in [5.41, 5.74) is 14.9. The summed E-state index contributed by atoms with van der Waals surface area (Å²) in [6.45, 7) is 4.64. The lowest BCUT2D eigenvalue weighted by Crippen LogP contribution is -2.14. The topological polar surface area (TPSA) is 64.7 Å². The van der Waals surface area contributed by atoms with Crippen molar-refractivity contribution in [3.05, 3.63) is 181 Å². The van der Waals surface area contributed by atoms with Gasteiger partial charge in [0.05, 0.1) is 16.6 Å². The van der Waals surface area contributed by atoms with Gasteiger partial charge in [0.1, 0.15) is 11.2 Å². The fraction of sp³-hybridized carbons (Fsp3) is 0.0588. The Bertz CT molecular complexity index is 3150. The van der Waals surface area contributed by atoms with Crippen molar-refractivity contribution in [2.45, 2.75) is 19.3 Å². The molecule has 0 radical (unpaired) electrons. The van der Waals surface area contributed by atoms with Gasteiger partial charge in [-0.05, 0) is 57.6 Å². The minimum absolute atomic E-state index is 0.0545. The van der Waals surface area contributed by atoms with Crippen molar-refractivity contribution < 1.29 is 4.42 Å². The highest BCUT2D eigenvalue weighted by Crippen LogP contribution is 2.49. The summed E-state index contributed by atoms with van der Waals surface area (Å²) >= 11 is 0. The van der Waals surface area contributed by atoms with E-state index in [0.29, 0.717) is 17.5 Å². The fourth-order valence-electron chi connectivity index (χ4n) is 8.44. The van der Waals surface area contributed by atoms with Crippen LogP contribution in [0.1, 0.15) is 25.0 Å². The standard InChI is InChI=1S/C51H34N4O/c1-51(2)41-17-9-6-14-37(41)38-29-28-36(30-42(38)51)31-20-24-34(25-21-31)49-53-48(33-12-4-3-5-13-33)54-50(55-49)35-26-22-32(23-27-35)46-45-40-16-8-11-19-44(40)56-47(45)39-15-7-10-18-43(39)52-46/h3-30H,1-2H3. The van der Waals surface area contributed by atoms with Crippen LogP contribution >= 0.6 is 0 Å². The van der Waals surface area contributed by atoms with Crippen LogP contribution in [0.4, 0.5) is 0 Å². The van der Waals surface area contributed by atoms with Crippen LogP contribution in [0.5, 0.6) is 0 Å². The largest absolute Gasteiger partial charge is 0.455 e. The third-order valence-electron chi connectivity index (χ3n) is 11.4. The van der Waals surface area contributed by atoms with Crippen molar-refractivity contribution >= 4 is 32.8 Å². The molecule has 0 atom stereocenters. The molecule has 0 unspecified atom stereocenters. The number of furan rings is 1. The van der Waals surface area contributed by atoms with Crippen molar-refractivity contribution in [2.75, 3.05) is 0 Å². The number of pyridine rings is 1. The first kappa shape index (κ1) is 32.2. The lowest BCUT2D eigenvalue weighted by Gasteiger charge is -2.22. The third kappa shape index (κ3) is 5.09. The number of aromatic nitrogens is 4. The summed E-state index contributed by atoms with van der Waals surface area (Å²) in [4.78, 5) is 20.2. The summed E-state index contributed by atoms with van der Waals surface area (Å²) in [6, 6.07) is 59.0. The van der Waals surface area contributed by atoms with Gasteiger partial charge >= 0.3 is 0 Å². The molecule has 264 valence electrons. The van der Waals surface area contributed by atoms with Gasteiger partial charge in [0.15, 0.2) is 17.5 Å². The average molecular weight is 719 g/mol. The number of benzene rings is 7. The molecule has 0 spiro atoms. The lowest BCUT2D eigenvalue weighted by molar-refractivity contribution is 0.660. The zero-order valence-corrected chi connectivity index (χ0v) is 30.9. The predicted molar refractivity (Wildman–Crippen MR) is 227 cm³/mol. The monoisotopic (exact) mass is 718 g/mol. The summed E-state index contributed by atoms with van der Waals surface area (Å²) in [5.74, 6) is 1.86. The highest BCUT2D eigenvalue weighted by Gasteiger charge is 2.35. The molecule has 0 amide bonds. The van der Waals surface area contributed by atoms with E-state index in [1.807, 2.05) is 66.7 Å². The maximum Gasteiger partial charge on any atom is 0.164 e. The second-order valence-corrected chi connectivity index (χ2v) is 15.0. The molecule has 0 fully saturated rings. The van der Waals surface area contributed by atoms with Crippen LogP contribution in [-0.4, -0.2) is 19.9 Å². The summed E-state index contributed by atoms with van der Waals surface area (Å²) in [7, 11) is 0. The lowest BCUT2D eigenvalue weighted by atomic mass is 9.81. The molecule has 0 N–H and O–H groups in total. The zero-order valence-electron chi connectivity index (χ0n) is 30.9. The van der Waals surface area contributed by atoms with Crippen molar-refractivity contribution in [2.24, 2.45) is 0 Å². The highest BCUT2D eigenvalue weighted by atomic mass is 16.3. The van der Waals surface area contributed by atoms with Crippen molar-refractivity contribution in [1.29, 1.82) is 0 Å². The number of hydrogen-bond acceptors (Lipinski definition) is 5. The first-order chi connectivity index (χ1) is 27.5. The van der Waals surface area contributed by atoms with Gasteiger partial charge in [0.25, 0.3) is 0 Å². The molecule has 0 saturated heterocycles. The minimum Gasteiger partial charge on any atom is -0.455 e. The van der Waals surface area contributed by atoms with Gasteiger partial charge < -0.3 is 4.42 Å². The van der Waals surface area contributed by atoms with Gasteiger partial charge in [-0.3, -0.25) is 0 Å². The van der Waals surface area contributed by atoms with Crippen LogP contribution in [0, 0.1) is 0 Å². The number of rotatable bonds is 5. The summed E-state index contributed by atoms with van der Waals surface area (Å²) in [5, 5.41) is 3.06. The van der Waals surface area contributed by atoms with Gasteiger partial charge in [-0.1, -0.05) is 159 Å². The van der Waals surface area contributed by atoms with E-state index in [4.69, 9.17) is 24.4 Å². The molecule has 7 aromatic carbocycles. The maximum absolute atomic E-state index is 6.43. The Morgan fingerprint density at radius 1 is 0.411 bits per heavy atom. The Balaban J connectivity index is 0.978. The molecule has 11 rings (SSSR count). The molecule has 0 bridgehead atoms. The number of fused-ring (bicyclic) bond motifs is 8. The van der Waals surface area contributed by atoms with Gasteiger partial charge in [-0.25, -0.2) is 19.9 Å². The van der Waals surface area contributed by atoms with E-state index in [0.717, 1.165) is 66.4 Å². The van der Waals surface area contributed by atoms with E-state index >= 15 is 0 Å². The number of para-hydroxylation sites is 2. The Kier molecular flexibility index (Phi) is 7.13. The Morgan fingerprint density at radius 3 is 1.68 bits per heavy atom. The normalized spacial score (nSPS) is 13.0. The molecule has 1 aliphatic carbocycles. The average Bonchev–Trinajstić information content (AvgIpc) is 3.76. The predicted octanol–water partition coefficient (Wildman–Crippen LogP) is 13.0. The van der Waals surface area contributed by atoms with Crippen LogP contribution in [0.15, 0.2) is 174 Å². The Labute approximate surface area is 324 Å². The van der Waals surface area contributed by atoms with E-state index < -0.39 is 0 Å². The number of nitrogens with zero attached hydrogens (tertiary/aromatic N) is 4. The SMILES string of the molecule is CC1(C)c2ccccc2-c2ccc(-c3ccc(-c4nc(-c5ccccc5)nc(-c5ccc(-c6nc7ccccc7c7oc8ccccc8c67)cc5)n4)cc3)cc21. The maximum atomic E-state index is 6.43. The van der Waals surface area contributed by atoms with E-state index in [2.05, 4.69) is 117 Å². The van der Waals surface area contributed by atoms with Crippen LogP contribution in [0.25, 0.3) is 101 Å². The molecule has 1 aliphatic rings. The van der Waals surface area contributed by atoms with Crippen molar-refractivity contribution in [3.8, 4) is 67.7 Å². The van der Waals surface area contributed by atoms with Crippen molar-refractivity contribution in [1.82, 2.24) is 19.9 Å². The summed E-state index contributed by atoms with van der Waals surface area (Å²) in [6.07, 6.45) is 0. The van der Waals surface area contributed by atoms with E-state index in [1.54, 1.807) is 0 Å². The second-order valence-electron chi connectivity index (χ2n) is 15.0. The first-order valence-corrected chi connectivity index (χ1v) is 19.0. The molecule has 0 aliphatic heterocycles. The van der Waals surface area contributed by atoms with Gasteiger partial charge in [-0.15, -0.1) is 0 Å². The van der Waals surface area contributed by atoms with Gasteiger partial charge in [0.2, 0.25) is 0 Å². The van der Waals surface area contributed by atoms with Crippen LogP contribution in [0.2, 0.25) is 0 Å². The molecule has 0 saturated carbocycles. The van der Waals surface area contributed by atoms with Crippen molar-refractivity contribution in [3.63, 3.8) is 0 Å². The van der Waals surface area contributed by atoms with Gasteiger partial charge in [-0.2, -0.15) is 0 Å². The second kappa shape index (κ2) is 12.4. The Hall–Kier alpha value is -7.24. The Morgan fingerprint density at radius 2 is 0.946 bits per heavy atom. The quantitative estimate of drug-likeness (QED) is 0.177. The smallest absolute Gasteiger partial charge is 0.164 e. The van der Waals surface area contributed by atoms with Crippen LogP contribution < -0.4 is 0 Å². The van der Waals surface area contributed by atoms with Gasteiger partial charge in [0, 0.05) is 38.4 Å². The van der Waals surface area contributed by atoms with E-state index in [1.165, 1.54) is 27.8 Å². The molecular formula is C51H34N4O. The molecule has 10 aromatic rings. The molecule has 3 aromatic heterocycles. The molecule has 5 nitrogen and oxygen atoms in total. The first-order valence-electron chi connectivity index (χ1n) is 19.0. The molecule has 5 heteroatoms. The highest BCUT2D eigenvalue weighted by molar-refractivity contribution is 6.19. The molecule has 56 heavy (non-hydrogen) atoms. The number of hydrogen-bond donors (Lipinski definition) is 0.